The van der Waals surface area contributed by atoms with Gasteiger partial charge >= 0.3 is 18.1 Å². The molecule has 0 bridgehead atoms. The van der Waals surface area contributed by atoms with Gasteiger partial charge in [-0.05, 0) is 83.5 Å². The zero-order valence-electron chi connectivity index (χ0n) is 27.6. The van der Waals surface area contributed by atoms with Gasteiger partial charge in [0.15, 0.2) is 11.2 Å². The molecule has 2 heterocycles. The third-order valence-corrected chi connectivity index (χ3v) is 6.52. The fourth-order valence-corrected chi connectivity index (χ4v) is 4.53. The molecule has 0 radical (unpaired) electrons. The highest BCUT2D eigenvalue weighted by atomic mass is 19.4. The molecular formula is C33H36F3N7O6. The number of anilines is 2. The van der Waals surface area contributed by atoms with Crippen molar-refractivity contribution in [3.8, 4) is 5.75 Å². The van der Waals surface area contributed by atoms with Crippen molar-refractivity contribution in [3.63, 3.8) is 0 Å². The Morgan fingerprint density at radius 3 is 2.14 bits per heavy atom. The number of hydrogen-bond donors (Lipinski definition) is 3. The number of amides is 2. The smallest absolute Gasteiger partial charge is 0.471 e. The summed E-state index contributed by atoms with van der Waals surface area (Å²) in [7, 11) is 0. The minimum atomic E-state index is -5.27. The number of nitrogen functional groups attached to an aromatic ring is 1. The fraction of sp³-hybridized carbons (Fsp3) is 0.364. The van der Waals surface area contributed by atoms with Crippen molar-refractivity contribution in [2.45, 2.75) is 77.9 Å². The van der Waals surface area contributed by atoms with Crippen LogP contribution in [-0.2, 0) is 27.3 Å². The monoisotopic (exact) mass is 691 g/mol. The molecule has 0 aliphatic carbocycles. The summed E-state index contributed by atoms with van der Waals surface area (Å²) in [5.41, 5.74) is 3.35. The molecule has 0 fully saturated rings. The Morgan fingerprint density at radius 1 is 0.939 bits per heavy atom. The largest absolute Gasteiger partial charge is 0.488 e. The predicted molar refractivity (Wildman–Crippen MR) is 174 cm³/mol. The van der Waals surface area contributed by atoms with Gasteiger partial charge in [0.2, 0.25) is 5.95 Å². The maximum atomic E-state index is 13.6. The van der Waals surface area contributed by atoms with Gasteiger partial charge in [0.1, 0.15) is 23.0 Å². The number of fused-ring (bicyclic) bond motifs is 1. The first-order valence-corrected chi connectivity index (χ1v) is 15.0. The van der Waals surface area contributed by atoms with Crippen LogP contribution in [0.3, 0.4) is 0 Å². The number of aromatic amines is 1. The van der Waals surface area contributed by atoms with Gasteiger partial charge in [-0.25, -0.2) is 14.8 Å². The number of carbonyl (C=O) groups is 3. The molecule has 16 heteroatoms. The lowest BCUT2D eigenvalue weighted by Gasteiger charge is -2.25. The van der Waals surface area contributed by atoms with Gasteiger partial charge in [0.05, 0.1) is 18.4 Å². The number of H-pyrrole nitrogens is 1. The average Bonchev–Trinajstić information content (AvgIpc) is 2.98. The van der Waals surface area contributed by atoms with Crippen LogP contribution in [-0.4, -0.2) is 61.1 Å². The summed E-state index contributed by atoms with van der Waals surface area (Å²) >= 11 is 0. The number of alkyl halides is 3. The van der Waals surface area contributed by atoms with Crippen LogP contribution in [0, 0.1) is 0 Å². The third-order valence-electron chi connectivity index (χ3n) is 6.52. The van der Waals surface area contributed by atoms with Gasteiger partial charge in [-0.2, -0.15) is 18.2 Å². The number of rotatable bonds is 9. The minimum absolute atomic E-state index is 0.00802. The maximum Gasteiger partial charge on any atom is 0.471 e. The van der Waals surface area contributed by atoms with Crippen molar-refractivity contribution in [1.29, 1.82) is 0 Å². The molecule has 2 amide bonds. The van der Waals surface area contributed by atoms with Gasteiger partial charge in [-0.15, -0.1) is 0 Å². The summed E-state index contributed by atoms with van der Waals surface area (Å²) in [6, 6.07) is 10.6. The number of hydrogen-bond acceptors (Lipinski definition) is 10. The van der Waals surface area contributed by atoms with Crippen molar-refractivity contribution in [2.75, 3.05) is 10.6 Å². The normalized spacial score (nSPS) is 12.7. The number of nitrogens with one attached hydrogen (secondary N) is 2. The average molecular weight is 692 g/mol. The van der Waals surface area contributed by atoms with Crippen molar-refractivity contribution in [1.82, 2.24) is 25.3 Å². The minimum Gasteiger partial charge on any atom is -0.488 e. The van der Waals surface area contributed by atoms with E-state index in [1.54, 1.807) is 45.0 Å². The zero-order valence-corrected chi connectivity index (χ0v) is 27.6. The molecule has 49 heavy (non-hydrogen) atoms. The van der Waals surface area contributed by atoms with Crippen LogP contribution in [0.2, 0.25) is 0 Å². The summed E-state index contributed by atoms with van der Waals surface area (Å²) < 4.78 is 52.3. The zero-order chi connectivity index (χ0) is 36.3. The van der Waals surface area contributed by atoms with Crippen molar-refractivity contribution < 1.29 is 37.0 Å². The first-order valence-electron chi connectivity index (χ1n) is 15.0. The van der Waals surface area contributed by atoms with E-state index in [-0.39, 0.29) is 40.5 Å². The number of esters is 1. The van der Waals surface area contributed by atoms with Gasteiger partial charge in [-0.1, -0.05) is 12.1 Å². The van der Waals surface area contributed by atoms with Crippen LogP contribution < -0.4 is 26.2 Å². The van der Waals surface area contributed by atoms with E-state index < -0.39 is 53.3 Å². The molecule has 4 N–H and O–H groups in total. The van der Waals surface area contributed by atoms with Gasteiger partial charge in [0.25, 0.3) is 11.5 Å². The third kappa shape index (κ3) is 9.98. The summed E-state index contributed by atoms with van der Waals surface area (Å²) in [6.07, 6.45) is -4.14. The van der Waals surface area contributed by atoms with Crippen LogP contribution in [0.25, 0.3) is 11.2 Å². The number of carbonyl (C=O) groups excluding carboxylic acids is 3. The highest BCUT2D eigenvalue weighted by Crippen LogP contribution is 2.26. The van der Waals surface area contributed by atoms with Crippen LogP contribution in [0.15, 0.2) is 59.5 Å². The fourth-order valence-electron chi connectivity index (χ4n) is 4.53. The van der Waals surface area contributed by atoms with Crippen molar-refractivity contribution in [3.05, 3.63) is 81.9 Å². The van der Waals surface area contributed by atoms with E-state index >= 15 is 0 Å². The number of ether oxygens (including phenoxy) is 2. The van der Waals surface area contributed by atoms with Crippen LogP contribution in [0.1, 0.15) is 63.2 Å². The number of aromatic nitrogens is 4. The lowest BCUT2D eigenvalue weighted by molar-refractivity contribution is -0.170. The van der Waals surface area contributed by atoms with Crippen molar-refractivity contribution in [2.24, 2.45) is 0 Å². The molecule has 4 rings (SSSR count). The lowest BCUT2D eigenvalue weighted by atomic mass is 10.1. The van der Waals surface area contributed by atoms with Gasteiger partial charge in [0, 0.05) is 17.7 Å². The first-order chi connectivity index (χ1) is 22.7. The topological polar surface area (TPSA) is 182 Å². The molecular weight excluding hydrogens is 655 g/mol. The van der Waals surface area contributed by atoms with Crippen LogP contribution in [0.5, 0.6) is 5.75 Å². The second-order valence-corrected chi connectivity index (χ2v) is 13.0. The second kappa shape index (κ2) is 13.9. The van der Waals surface area contributed by atoms with Gasteiger partial charge < -0.3 is 20.5 Å². The molecule has 2 aromatic heterocycles. The second-order valence-electron chi connectivity index (χ2n) is 13.0. The summed E-state index contributed by atoms with van der Waals surface area (Å²) in [5, 5.41) is 2.65. The Labute approximate surface area is 279 Å². The predicted octanol–water partition coefficient (Wildman–Crippen LogP) is 4.25. The molecule has 0 unspecified atom stereocenters. The van der Waals surface area contributed by atoms with E-state index in [1.807, 2.05) is 20.8 Å². The number of halogens is 3. The van der Waals surface area contributed by atoms with E-state index in [0.29, 0.717) is 16.2 Å². The maximum absolute atomic E-state index is 13.6. The molecule has 4 aromatic rings. The van der Waals surface area contributed by atoms with Gasteiger partial charge in [-0.3, -0.25) is 24.3 Å². The van der Waals surface area contributed by atoms with E-state index in [9.17, 15) is 32.3 Å². The number of benzene rings is 2. The molecule has 0 aliphatic heterocycles. The highest BCUT2D eigenvalue weighted by molar-refractivity contribution is 5.99. The Bertz CT molecular complexity index is 1900. The SMILES string of the molecule is CC(C)(C)O[13C](=O)[13C@H]([13CH2][13c]1[13cH]c[13c](OC(C)(C)C)[13cH][13cH]1)NC(=O)c1ccc(N(Cc2cnc3nc(N)[nH]c(=O)c3n2)C(=O)C(F)(F)F)cc1. The summed E-state index contributed by atoms with van der Waals surface area (Å²) in [4.78, 5) is 65.5. The molecule has 0 saturated heterocycles. The van der Waals surface area contributed by atoms with Crippen LogP contribution in [0.4, 0.5) is 24.8 Å². The standard InChI is InChI=1S/C33H36F3N7O6/c1-31(2,3)48-22-13-7-18(8-14-22)15-23(28(46)49-32(4,5)6)40-26(44)19-9-11-21(12-10-19)43(29(47)33(34,35)36)17-20-16-38-25-24(39-20)27(45)42-30(37)41-25/h7-14,16,23H,15,17H2,1-6H3,(H,40,44)(H3,37,38,41,42,45)/t23-/m0/s1/i7+1,8+1,13+1,15+1,18+1,22+1,23+1,28+1. The van der Waals surface area contributed by atoms with E-state index in [4.69, 9.17) is 15.2 Å². The highest BCUT2D eigenvalue weighted by Gasteiger charge is 2.43. The molecule has 1 atom stereocenters. The lowest BCUT2D eigenvalue weighted by Crippen LogP contribution is -2.45. The summed E-state index contributed by atoms with van der Waals surface area (Å²) in [6.45, 7) is 10.1. The number of nitrogens with zero attached hydrogens (tertiary/aromatic N) is 4. The van der Waals surface area contributed by atoms with Crippen LogP contribution >= 0.6 is 0 Å². The molecule has 0 spiro atoms. The first kappa shape index (κ1) is 36.3. The van der Waals surface area contributed by atoms with Crippen molar-refractivity contribution >= 4 is 40.6 Å². The number of nitrogens with two attached hydrogens (primary N) is 1. The Hall–Kier alpha value is -5.54. The van der Waals surface area contributed by atoms with E-state index in [0.717, 1.165) is 18.3 Å². The molecule has 0 aliphatic rings. The Morgan fingerprint density at radius 2 is 1.57 bits per heavy atom. The molecule has 0 saturated carbocycles. The molecule has 2 aromatic carbocycles. The van der Waals surface area contributed by atoms with E-state index in [1.165, 1.54) is 12.1 Å². The molecule has 260 valence electrons. The Balaban J connectivity index is 1.57. The van der Waals surface area contributed by atoms with E-state index in [2.05, 4.69) is 25.3 Å². The summed E-state index contributed by atoms with van der Waals surface area (Å²) in [5.74, 6) is -3.23. The molecule has 13 nitrogen and oxygen atoms in total. The Kier molecular flexibility index (Phi) is 10.3. The quantitative estimate of drug-likeness (QED) is 0.170.